The number of β-lactam (4-membered cyclic amide) rings is 1. The van der Waals surface area contributed by atoms with Gasteiger partial charge in [-0.3, -0.25) is 9.35 Å². The minimum absolute atomic E-state index is 0.138. The summed E-state index contributed by atoms with van der Waals surface area (Å²) in [6, 6.07) is 24.7. The molecule has 7 nitrogen and oxygen atoms in total. The first kappa shape index (κ1) is 26.6. The van der Waals surface area contributed by atoms with E-state index >= 15 is 0 Å². The maximum absolute atomic E-state index is 13.6. The second kappa shape index (κ2) is 10.6. The third kappa shape index (κ3) is 5.42. The van der Waals surface area contributed by atoms with Crippen molar-refractivity contribution < 1.29 is 32.4 Å². The summed E-state index contributed by atoms with van der Waals surface area (Å²) in [5, 5.41) is 21.6. The Morgan fingerprint density at radius 1 is 0.897 bits per heavy atom. The number of rotatable bonds is 8. The topological polar surface area (TPSA) is 115 Å². The van der Waals surface area contributed by atoms with Gasteiger partial charge in [-0.15, -0.1) is 0 Å². The lowest BCUT2D eigenvalue weighted by atomic mass is 9.78. The second-order valence-corrected chi connectivity index (χ2v) is 10.9. The molecule has 200 valence electrons. The van der Waals surface area contributed by atoms with Crippen LogP contribution in [0.1, 0.15) is 36.1 Å². The molecule has 39 heavy (non-hydrogen) atoms. The average molecular weight is 548 g/mol. The average Bonchev–Trinajstić information content (AvgIpc) is 2.92. The molecule has 1 saturated heterocycles. The Labute approximate surface area is 225 Å². The molecule has 3 atom stereocenters. The molecule has 1 fully saturated rings. The van der Waals surface area contributed by atoms with Gasteiger partial charge in [0.05, 0.1) is 23.0 Å². The zero-order valence-electron chi connectivity index (χ0n) is 20.7. The van der Waals surface area contributed by atoms with Crippen molar-refractivity contribution >= 4 is 21.7 Å². The Bertz CT molecular complexity index is 1610. The van der Waals surface area contributed by atoms with E-state index in [0.717, 1.165) is 5.56 Å². The van der Waals surface area contributed by atoms with Crippen molar-refractivity contribution in [3.63, 3.8) is 0 Å². The third-order valence-corrected chi connectivity index (χ3v) is 7.91. The van der Waals surface area contributed by atoms with Gasteiger partial charge >= 0.3 is 0 Å². The van der Waals surface area contributed by atoms with Gasteiger partial charge in [0.1, 0.15) is 11.6 Å². The van der Waals surface area contributed by atoms with E-state index in [-0.39, 0.29) is 16.6 Å². The fraction of sp³-hybridized carbons (Fsp3) is 0.167. The van der Waals surface area contributed by atoms with Crippen LogP contribution in [0.15, 0.2) is 102 Å². The summed E-state index contributed by atoms with van der Waals surface area (Å²) in [7, 11) is -4.42. The predicted molar refractivity (Wildman–Crippen MR) is 144 cm³/mol. The highest BCUT2D eigenvalue weighted by molar-refractivity contribution is 7.85. The lowest BCUT2D eigenvalue weighted by Gasteiger charge is -2.48. The van der Waals surface area contributed by atoms with Crippen molar-refractivity contribution in [2.75, 3.05) is 4.90 Å². The van der Waals surface area contributed by atoms with E-state index in [1.807, 2.05) is 30.3 Å². The normalized spacial score (nSPS) is 18.0. The zero-order valence-corrected chi connectivity index (χ0v) is 21.5. The number of halogens is 1. The molecule has 9 heteroatoms. The molecule has 0 bridgehead atoms. The van der Waals surface area contributed by atoms with Crippen LogP contribution in [0.2, 0.25) is 0 Å². The Hall–Kier alpha value is -4.05. The predicted octanol–water partition coefficient (Wildman–Crippen LogP) is 5.66. The van der Waals surface area contributed by atoms with Crippen molar-refractivity contribution in [1.29, 1.82) is 0 Å². The molecule has 4 aromatic rings. The van der Waals surface area contributed by atoms with Crippen LogP contribution >= 0.6 is 0 Å². The number of phenols is 1. The van der Waals surface area contributed by atoms with Crippen LogP contribution in [0.25, 0.3) is 11.1 Å². The van der Waals surface area contributed by atoms with Gasteiger partial charge in [-0.25, -0.2) is 4.39 Å². The number of hydrogen-bond acceptors (Lipinski definition) is 5. The van der Waals surface area contributed by atoms with Crippen molar-refractivity contribution in [3.8, 4) is 16.9 Å². The fourth-order valence-corrected chi connectivity index (χ4v) is 5.61. The molecule has 3 unspecified atom stereocenters. The lowest BCUT2D eigenvalue weighted by Crippen LogP contribution is -2.55. The van der Waals surface area contributed by atoms with Gasteiger partial charge in [-0.2, -0.15) is 8.42 Å². The van der Waals surface area contributed by atoms with Gasteiger partial charge in [0.2, 0.25) is 5.91 Å². The Morgan fingerprint density at radius 3 is 2.28 bits per heavy atom. The molecule has 1 amide bonds. The number of anilines is 1. The highest BCUT2D eigenvalue weighted by Gasteiger charge is 2.48. The highest BCUT2D eigenvalue weighted by Crippen LogP contribution is 2.47. The molecule has 1 aliphatic heterocycles. The number of aliphatic hydroxyl groups is 1. The Kier molecular flexibility index (Phi) is 7.22. The van der Waals surface area contributed by atoms with Crippen molar-refractivity contribution in [3.05, 3.63) is 114 Å². The maximum atomic E-state index is 13.6. The van der Waals surface area contributed by atoms with Crippen LogP contribution in [0.5, 0.6) is 5.75 Å². The van der Waals surface area contributed by atoms with Crippen LogP contribution in [0, 0.1) is 11.7 Å². The molecule has 0 aromatic heterocycles. The monoisotopic (exact) mass is 547 g/mol. The number of aliphatic hydroxyl groups excluding tert-OH is 1. The summed E-state index contributed by atoms with van der Waals surface area (Å²) >= 11 is 0. The molecule has 0 spiro atoms. The number of benzene rings is 4. The SMILES string of the molecule is O=C1C(CCC(O)c2ccccc2)C(c2ccc(-c3cccc(S(=O)(=O)O)c3)c(O)c2)N1c1ccc(F)cc1. The van der Waals surface area contributed by atoms with E-state index in [1.54, 1.807) is 23.1 Å². The summed E-state index contributed by atoms with van der Waals surface area (Å²) < 4.78 is 46.1. The van der Waals surface area contributed by atoms with Gasteiger partial charge in [0, 0.05) is 11.3 Å². The summed E-state index contributed by atoms with van der Waals surface area (Å²) in [5.41, 5.74) is 2.63. The number of carbonyl (C=O) groups is 1. The molecule has 3 N–H and O–H groups in total. The third-order valence-electron chi connectivity index (χ3n) is 7.06. The standard InChI is InChI=1S/C30H26FNO6S/c31-22-10-12-23(13-11-22)32-29(26(30(32)35)15-16-27(33)19-5-2-1-3-6-19)21-9-14-25(28(34)18-21)20-7-4-8-24(17-20)39(36,37)38/h1-14,17-18,26-27,29,33-34H,15-16H2,(H,36,37,38). The van der Waals surface area contributed by atoms with Crippen molar-refractivity contribution in [1.82, 2.24) is 0 Å². The maximum Gasteiger partial charge on any atom is 0.294 e. The number of aromatic hydroxyl groups is 1. The molecular weight excluding hydrogens is 521 g/mol. The van der Waals surface area contributed by atoms with Crippen LogP contribution in [0.3, 0.4) is 0 Å². The van der Waals surface area contributed by atoms with Gasteiger partial charge in [0.15, 0.2) is 0 Å². The van der Waals surface area contributed by atoms with Crippen LogP contribution < -0.4 is 4.90 Å². The van der Waals surface area contributed by atoms with Crippen LogP contribution in [0.4, 0.5) is 10.1 Å². The summed E-state index contributed by atoms with van der Waals surface area (Å²) in [6.07, 6.45) is -0.0120. The molecule has 0 aliphatic carbocycles. The highest BCUT2D eigenvalue weighted by atomic mass is 32.2. The first-order valence-electron chi connectivity index (χ1n) is 12.4. The largest absolute Gasteiger partial charge is 0.507 e. The van der Waals surface area contributed by atoms with E-state index < -0.39 is 34.0 Å². The summed E-state index contributed by atoms with van der Waals surface area (Å²) in [6.45, 7) is 0. The fourth-order valence-electron chi connectivity index (χ4n) is 5.08. The number of carbonyl (C=O) groups excluding carboxylic acids is 1. The smallest absolute Gasteiger partial charge is 0.294 e. The van der Waals surface area contributed by atoms with Crippen LogP contribution in [-0.2, 0) is 14.9 Å². The number of hydrogen-bond donors (Lipinski definition) is 3. The minimum atomic E-state index is -4.42. The van der Waals surface area contributed by atoms with E-state index in [4.69, 9.17) is 0 Å². The summed E-state index contributed by atoms with van der Waals surface area (Å²) in [4.78, 5) is 14.5. The van der Waals surface area contributed by atoms with Gasteiger partial charge < -0.3 is 15.1 Å². The second-order valence-electron chi connectivity index (χ2n) is 9.52. The Morgan fingerprint density at radius 2 is 1.62 bits per heavy atom. The van der Waals surface area contributed by atoms with Crippen molar-refractivity contribution in [2.24, 2.45) is 5.92 Å². The quantitative estimate of drug-likeness (QED) is 0.194. The van der Waals surface area contributed by atoms with E-state index in [0.29, 0.717) is 35.2 Å². The van der Waals surface area contributed by atoms with E-state index in [1.165, 1.54) is 48.5 Å². The van der Waals surface area contributed by atoms with Gasteiger partial charge in [-0.1, -0.05) is 54.6 Å². The number of amides is 1. The number of nitrogens with zero attached hydrogens (tertiary/aromatic N) is 1. The molecule has 0 saturated carbocycles. The first-order valence-corrected chi connectivity index (χ1v) is 13.8. The zero-order chi connectivity index (χ0) is 27.7. The molecule has 5 rings (SSSR count). The van der Waals surface area contributed by atoms with E-state index in [2.05, 4.69) is 0 Å². The lowest BCUT2D eigenvalue weighted by molar-refractivity contribution is -0.131. The summed E-state index contributed by atoms with van der Waals surface area (Å²) in [5.74, 6) is -1.22. The number of phenolic OH excluding ortho intramolecular Hbond substituents is 1. The van der Waals surface area contributed by atoms with Gasteiger partial charge in [-0.05, 0) is 72.0 Å². The Balaban J connectivity index is 1.46. The molecule has 0 radical (unpaired) electrons. The first-order chi connectivity index (χ1) is 18.6. The van der Waals surface area contributed by atoms with Gasteiger partial charge in [0.25, 0.3) is 10.1 Å². The molecule has 4 aromatic carbocycles. The molecule has 1 aliphatic rings. The van der Waals surface area contributed by atoms with Crippen LogP contribution in [-0.4, -0.2) is 29.1 Å². The molecule has 1 heterocycles. The molecular formula is C30H26FNO6S. The van der Waals surface area contributed by atoms with Crippen molar-refractivity contribution in [2.45, 2.75) is 29.9 Å². The minimum Gasteiger partial charge on any atom is -0.507 e. The van der Waals surface area contributed by atoms with E-state index in [9.17, 15) is 32.4 Å².